The van der Waals surface area contributed by atoms with Crippen molar-refractivity contribution in [1.82, 2.24) is 5.32 Å². The summed E-state index contributed by atoms with van der Waals surface area (Å²) >= 11 is 4.65. The van der Waals surface area contributed by atoms with Crippen LogP contribution in [0.5, 0.6) is 0 Å². The van der Waals surface area contributed by atoms with Gasteiger partial charge < -0.3 is 0 Å². The molecule has 0 aromatic heterocycles. The maximum absolute atomic E-state index is 3.84. The third-order valence-electron chi connectivity index (χ3n) is 4.59. The van der Waals surface area contributed by atoms with Crippen LogP contribution < -0.4 is 5.32 Å². The van der Waals surface area contributed by atoms with E-state index in [1.165, 1.54) is 16.7 Å². The van der Waals surface area contributed by atoms with Gasteiger partial charge in [-0.05, 0) is 0 Å². The second-order valence-corrected chi connectivity index (χ2v) is 7.13. The standard InChI is InChI=1S/C15H25N.2Li/c1-9-10(2)12(4)14(11(9)3)13(5)16-15(6,7)8;;/h11,16H,5H2,1-4,6-8H3;;. The fraction of sp³-hybridized carbons (Fsp3) is 0.733. The quantitative estimate of drug-likeness (QED) is 0.738. The summed E-state index contributed by atoms with van der Waals surface area (Å²) in [6.45, 7) is 15.9. The third kappa shape index (κ3) is 3.20. The zero-order valence-electron chi connectivity index (χ0n) is 13.8. The molecule has 1 aliphatic carbocycles. The van der Waals surface area contributed by atoms with Crippen molar-refractivity contribution in [1.29, 1.82) is 0 Å². The Balaban J connectivity index is 3.20. The summed E-state index contributed by atoms with van der Waals surface area (Å²) in [5.41, 5.74) is 6.27. The minimum absolute atomic E-state index is 0.0980. The molecule has 0 spiro atoms. The second-order valence-electron chi connectivity index (χ2n) is 7.13. The molecule has 0 fully saturated rings. The van der Waals surface area contributed by atoms with Gasteiger partial charge in [-0.15, -0.1) is 0 Å². The van der Waals surface area contributed by atoms with Crippen molar-refractivity contribution in [2.24, 2.45) is 5.92 Å². The van der Waals surface area contributed by atoms with Gasteiger partial charge in [0.25, 0.3) is 0 Å². The van der Waals surface area contributed by atoms with Gasteiger partial charge in [0.05, 0.1) is 0 Å². The molecule has 1 rings (SSSR count). The van der Waals surface area contributed by atoms with Gasteiger partial charge in [-0.1, -0.05) is 0 Å². The minimum atomic E-state index is 0.0980. The van der Waals surface area contributed by atoms with Gasteiger partial charge in [0.2, 0.25) is 0 Å². The van der Waals surface area contributed by atoms with Gasteiger partial charge in [0.1, 0.15) is 0 Å². The van der Waals surface area contributed by atoms with Gasteiger partial charge in [0.15, 0.2) is 0 Å². The monoisotopic (exact) mass is 233 g/mol. The zero-order chi connectivity index (χ0) is 14.3. The Kier molecular flexibility index (Phi) is 5.15. The number of hydrogen-bond acceptors (Lipinski definition) is 1. The van der Waals surface area contributed by atoms with Crippen molar-refractivity contribution in [2.75, 3.05) is 0 Å². The summed E-state index contributed by atoms with van der Waals surface area (Å²) in [5.74, 6) is 0.574. The van der Waals surface area contributed by atoms with Crippen LogP contribution in [0.4, 0.5) is 0 Å². The first-order valence-electron chi connectivity index (χ1n) is 7.22. The summed E-state index contributed by atoms with van der Waals surface area (Å²) < 4.78 is 0.0980. The normalized spacial score (nSPS) is 24.9. The van der Waals surface area contributed by atoms with Crippen LogP contribution in [-0.4, -0.2) is 45.2 Å². The molecule has 0 aromatic rings. The van der Waals surface area contributed by atoms with E-state index >= 15 is 0 Å². The molecule has 92 valence electrons. The molecule has 0 aromatic carbocycles. The Morgan fingerprint density at radius 1 is 1.11 bits per heavy atom. The molecule has 0 saturated carbocycles. The van der Waals surface area contributed by atoms with Crippen LogP contribution in [-0.2, 0) is 0 Å². The fourth-order valence-electron chi connectivity index (χ4n) is 3.43. The molecular weight excluding hydrogens is 208 g/mol. The average Bonchev–Trinajstić information content (AvgIpc) is 2.41. The molecule has 1 N–H and O–H groups in total. The van der Waals surface area contributed by atoms with Crippen molar-refractivity contribution in [3.63, 3.8) is 0 Å². The first kappa shape index (κ1) is 16.7. The number of nitrogens with one attached hydrogen (secondary N) is 1. The van der Waals surface area contributed by atoms with E-state index in [1.54, 1.807) is 5.57 Å². The second kappa shape index (κ2) is 5.56. The fourth-order valence-corrected chi connectivity index (χ4v) is 3.43. The molecule has 0 heterocycles. The number of allylic oxidation sites excluding steroid dienone is 3. The Hall–Kier alpha value is 0.635. The molecule has 0 amide bonds. The Bertz CT molecular complexity index is 401. The van der Waals surface area contributed by atoms with E-state index < -0.39 is 0 Å². The summed E-state index contributed by atoms with van der Waals surface area (Å²) in [7, 11) is 0. The topological polar surface area (TPSA) is 12.0 Å². The molecule has 1 aliphatic rings. The van der Waals surface area contributed by atoms with Crippen LogP contribution in [0.15, 0.2) is 22.3 Å². The number of rotatable bonds is 3. The van der Waals surface area contributed by atoms with E-state index in [0.29, 0.717) is 5.92 Å². The van der Waals surface area contributed by atoms with E-state index in [1.807, 2.05) is 0 Å². The maximum atomic E-state index is 3.84. The number of hydrogen-bond donors (Lipinski definition) is 1. The molecule has 0 radical (unpaired) electrons. The van der Waals surface area contributed by atoms with Crippen LogP contribution >= 0.6 is 0 Å². The summed E-state index contributed by atoms with van der Waals surface area (Å²) in [4.78, 5) is 0. The van der Waals surface area contributed by atoms with Gasteiger partial charge >= 0.3 is 132 Å². The molecule has 2 atom stereocenters. The third-order valence-corrected chi connectivity index (χ3v) is 4.59. The van der Waals surface area contributed by atoms with Crippen LogP contribution in [0.2, 0.25) is 5.09 Å². The van der Waals surface area contributed by atoms with E-state index in [4.69, 9.17) is 0 Å². The van der Waals surface area contributed by atoms with E-state index in [-0.39, 0.29) is 9.75 Å². The van der Waals surface area contributed by atoms with Crippen LogP contribution in [0, 0.1) is 5.92 Å². The predicted molar refractivity (Wildman–Crippen MR) is 82.2 cm³/mol. The van der Waals surface area contributed by atoms with E-state index in [0.717, 1.165) is 5.09 Å². The summed E-state index contributed by atoms with van der Waals surface area (Å²) in [6.07, 6.45) is 0. The van der Waals surface area contributed by atoms with Gasteiger partial charge in [-0.2, -0.15) is 0 Å². The Morgan fingerprint density at radius 3 is 1.89 bits per heavy atom. The van der Waals surface area contributed by atoms with Crippen LogP contribution in [0.3, 0.4) is 0 Å². The van der Waals surface area contributed by atoms with Crippen molar-refractivity contribution >= 4 is 35.4 Å². The first-order valence-corrected chi connectivity index (χ1v) is 7.22. The van der Waals surface area contributed by atoms with Gasteiger partial charge in [-0.25, -0.2) is 0 Å². The molecule has 1 nitrogen and oxygen atoms in total. The van der Waals surface area contributed by atoms with Crippen molar-refractivity contribution < 1.29 is 0 Å². The van der Waals surface area contributed by atoms with E-state index in [2.05, 4.69) is 89.2 Å². The SMILES string of the molecule is [Li][CH2][C]([Li])(NC(C)(C)C)C1=C(C)C(C)=C(C)C1C. The van der Waals surface area contributed by atoms with Crippen molar-refractivity contribution in [3.8, 4) is 0 Å². The van der Waals surface area contributed by atoms with Gasteiger partial charge in [0, 0.05) is 0 Å². The van der Waals surface area contributed by atoms with Crippen LogP contribution in [0.1, 0.15) is 48.5 Å². The first-order chi connectivity index (χ1) is 8.03. The Labute approximate surface area is 132 Å². The zero-order valence-corrected chi connectivity index (χ0v) is 13.8. The molecular formula is C15H25Li2N. The molecule has 0 saturated heterocycles. The van der Waals surface area contributed by atoms with Crippen molar-refractivity contribution in [3.05, 3.63) is 22.3 Å². The molecule has 2 unspecified atom stereocenters. The molecule has 18 heavy (non-hydrogen) atoms. The van der Waals surface area contributed by atoms with Gasteiger partial charge in [-0.3, -0.25) is 0 Å². The summed E-state index contributed by atoms with van der Waals surface area (Å²) in [5, 5.41) is 4.97. The van der Waals surface area contributed by atoms with Crippen molar-refractivity contribution in [2.45, 2.75) is 63.3 Å². The van der Waals surface area contributed by atoms with E-state index in [9.17, 15) is 0 Å². The van der Waals surface area contributed by atoms with Crippen LogP contribution in [0.25, 0.3) is 0 Å². The molecule has 0 bridgehead atoms. The Morgan fingerprint density at radius 2 is 1.61 bits per heavy atom. The average molecular weight is 233 g/mol. The summed E-state index contributed by atoms with van der Waals surface area (Å²) in [6, 6.07) is 0. The predicted octanol–water partition coefficient (Wildman–Crippen LogP) is 3.13. The molecule has 0 aliphatic heterocycles. The molecule has 3 heteroatoms.